The number of rotatable bonds is 2. The molecule has 0 aliphatic heterocycles. The predicted octanol–water partition coefficient (Wildman–Crippen LogP) is 3.97. The molecule has 0 unspecified atom stereocenters. The largest absolute Gasteiger partial charge is 0.497 e. The Morgan fingerprint density at radius 2 is 1.89 bits per heavy atom. The van der Waals surface area contributed by atoms with Gasteiger partial charge in [0.25, 0.3) is 0 Å². The van der Waals surface area contributed by atoms with Crippen LogP contribution in [-0.4, -0.2) is 16.5 Å². The minimum absolute atomic E-state index is 0.658. The van der Waals surface area contributed by atoms with Crippen molar-refractivity contribution in [2.24, 2.45) is 0 Å². The molecule has 0 fully saturated rings. The van der Waals surface area contributed by atoms with Crippen LogP contribution in [0.15, 0.2) is 42.6 Å². The van der Waals surface area contributed by atoms with Crippen molar-refractivity contribution in [3.8, 4) is 17.0 Å². The molecule has 0 saturated heterocycles. The van der Waals surface area contributed by atoms with Gasteiger partial charge in [-0.1, -0.05) is 11.6 Å². The van der Waals surface area contributed by atoms with Gasteiger partial charge >= 0.3 is 0 Å². The number of fused-ring (bicyclic) bond motifs is 1. The molecule has 1 aromatic carbocycles. The van der Waals surface area contributed by atoms with Crippen LogP contribution in [0.1, 0.15) is 5.69 Å². The molecule has 0 aliphatic carbocycles. The highest BCUT2D eigenvalue weighted by molar-refractivity contribution is 6.33. The molecule has 3 aromatic rings. The highest BCUT2D eigenvalue weighted by Crippen LogP contribution is 2.28. The van der Waals surface area contributed by atoms with Crippen LogP contribution in [0.25, 0.3) is 16.9 Å². The van der Waals surface area contributed by atoms with E-state index in [1.165, 1.54) is 0 Å². The molecule has 3 nitrogen and oxygen atoms in total. The first kappa shape index (κ1) is 12.1. The zero-order valence-corrected chi connectivity index (χ0v) is 11.5. The van der Waals surface area contributed by atoms with Crippen LogP contribution in [0.3, 0.4) is 0 Å². The maximum atomic E-state index is 6.17. The molecule has 0 spiro atoms. The Hall–Kier alpha value is -2.00. The van der Waals surface area contributed by atoms with Crippen molar-refractivity contribution in [3.63, 3.8) is 0 Å². The molecule has 0 bridgehead atoms. The third-order valence-corrected chi connectivity index (χ3v) is 3.44. The van der Waals surface area contributed by atoms with Crippen molar-refractivity contribution >= 4 is 17.2 Å². The summed E-state index contributed by atoms with van der Waals surface area (Å²) < 4.78 is 7.19. The van der Waals surface area contributed by atoms with Gasteiger partial charge in [0.05, 0.1) is 23.5 Å². The number of imidazole rings is 1. The van der Waals surface area contributed by atoms with Crippen LogP contribution in [0.5, 0.6) is 5.75 Å². The second-order valence-corrected chi connectivity index (χ2v) is 4.73. The highest BCUT2D eigenvalue weighted by atomic mass is 35.5. The van der Waals surface area contributed by atoms with E-state index in [4.69, 9.17) is 16.3 Å². The summed E-state index contributed by atoms with van der Waals surface area (Å²) in [6.45, 7) is 1.99. The van der Waals surface area contributed by atoms with Crippen LogP contribution in [0.2, 0.25) is 5.02 Å². The number of hydrogen-bond donors (Lipinski definition) is 0. The first-order chi connectivity index (χ1) is 9.20. The van der Waals surface area contributed by atoms with E-state index in [0.717, 1.165) is 28.3 Å². The van der Waals surface area contributed by atoms with Gasteiger partial charge < -0.3 is 4.74 Å². The van der Waals surface area contributed by atoms with Crippen molar-refractivity contribution < 1.29 is 4.74 Å². The van der Waals surface area contributed by atoms with E-state index in [-0.39, 0.29) is 0 Å². The first-order valence-corrected chi connectivity index (χ1v) is 6.36. The van der Waals surface area contributed by atoms with Crippen molar-refractivity contribution in [3.05, 3.63) is 53.3 Å². The Balaban J connectivity index is 2.23. The molecule has 3 rings (SSSR count). The third kappa shape index (κ3) is 1.96. The summed E-state index contributed by atoms with van der Waals surface area (Å²) in [5.41, 5.74) is 3.89. The Kier molecular flexibility index (Phi) is 2.91. The predicted molar refractivity (Wildman–Crippen MR) is 76.9 cm³/mol. The molecular weight excluding hydrogens is 260 g/mol. The SMILES string of the molecule is COc1ccc(-c2c(C)nc3c(Cl)cccn23)cc1. The standard InChI is InChI=1S/C15H13ClN2O/c1-10-14(11-5-7-12(19-2)8-6-11)18-9-3-4-13(16)15(18)17-10/h3-9H,1-2H3. The molecule has 4 heteroatoms. The van der Waals surface area contributed by atoms with Crippen molar-refractivity contribution in [1.82, 2.24) is 9.38 Å². The summed E-state index contributed by atoms with van der Waals surface area (Å²) >= 11 is 6.17. The molecule has 0 N–H and O–H groups in total. The lowest BCUT2D eigenvalue weighted by Gasteiger charge is -2.05. The van der Waals surface area contributed by atoms with Gasteiger partial charge in [-0.3, -0.25) is 4.40 Å². The Bertz CT molecular complexity index is 732. The summed E-state index contributed by atoms with van der Waals surface area (Å²) in [6, 6.07) is 11.7. The van der Waals surface area contributed by atoms with Gasteiger partial charge in [-0.2, -0.15) is 0 Å². The van der Waals surface area contributed by atoms with Crippen molar-refractivity contribution in [2.75, 3.05) is 7.11 Å². The van der Waals surface area contributed by atoms with Gasteiger partial charge in [0.15, 0.2) is 5.65 Å². The topological polar surface area (TPSA) is 26.5 Å². The van der Waals surface area contributed by atoms with Crippen LogP contribution in [0.4, 0.5) is 0 Å². The molecular formula is C15H13ClN2O. The molecule has 0 atom stereocenters. The maximum Gasteiger partial charge on any atom is 0.156 e. The van der Waals surface area contributed by atoms with Crippen LogP contribution < -0.4 is 4.74 Å². The molecule has 0 radical (unpaired) electrons. The lowest BCUT2D eigenvalue weighted by atomic mass is 10.1. The number of benzene rings is 1. The smallest absolute Gasteiger partial charge is 0.156 e. The lowest BCUT2D eigenvalue weighted by Crippen LogP contribution is -1.89. The van der Waals surface area contributed by atoms with Crippen LogP contribution in [-0.2, 0) is 0 Å². The first-order valence-electron chi connectivity index (χ1n) is 5.98. The molecule has 96 valence electrons. The quantitative estimate of drug-likeness (QED) is 0.706. The number of pyridine rings is 1. The van der Waals surface area contributed by atoms with E-state index in [1.54, 1.807) is 7.11 Å². The maximum absolute atomic E-state index is 6.17. The van der Waals surface area contributed by atoms with Crippen molar-refractivity contribution in [2.45, 2.75) is 6.92 Å². The number of aromatic nitrogens is 2. The normalized spacial score (nSPS) is 10.9. The number of aryl methyl sites for hydroxylation is 1. The number of hydrogen-bond acceptors (Lipinski definition) is 2. The van der Waals surface area contributed by atoms with E-state index in [2.05, 4.69) is 4.98 Å². The summed E-state index contributed by atoms with van der Waals surface area (Å²) in [7, 11) is 1.66. The Labute approximate surface area is 116 Å². The summed E-state index contributed by atoms with van der Waals surface area (Å²) in [5.74, 6) is 0.841. The number of methoxy groups -OCH3 is 1. The lowest BCUT2D eigenvalue weighted by molar-refractivity contribution is 0.415. The molecule has 2 heterocycles. The van der Waals surface area contributed by atoms with Gasteiger partial charge in [-0.25, -0.2) is 4.98 Å². The molecule has 2 aromatic heterocycles. The van der Waals surface area contributed by atoms with Crippen molar-refractivity contribution in [1.29, 1.82) is 0 Å². The second kappa shape index (κ2) is 4.59. The van der Waals surface area contributed by atoms with Crippen LogP contribution in [0, 0.1) is 6.92 Å². The van der Waals surface area contributed by atoms with Gasteiger partial charge in [-0.05, 0) is 43.3 Å². The fourth-order valence-corrected chi connectivity index (χ4v) is 2.45. The molecule has 0 aliphatic rings. The average molecular weight is 273 g/mol. The summed E-state index contributed by atoms with van der Waals surface area (Å²) in [6.07, 6.45) is 1.97. The zero-order valence-electron chi connectivity index (χ0n) is 10.7. The number of nitrogens with zero attached hydrogens (tertiary/aromatic N) is 2. The van der Waals surface area contributed by atoms with Gasteiger partial charge in [0.2, 0.25) is 0 Å². The minimum atomic E-state index is 0.658. The van der Waals surface area contributed by atoms with E-state index >= 15 is 0 Å². The van der Waals surface area contributed by atoms with E-state index in [9.17, 15) is 0 Å². The monoisotopic (exact) mass is 272 g/mol. The van der Waals surface area contributed by atoms with Crippen LogP contribution >= 0.6 is 11.6 Å². The second-order valence-electron chi connectivity index (χ2n) is 4.32. The van der Waals surface area contributed by atoms with Gasteiger partial charge in [0, 0.05) is 11.8 Å². The van der Waals surface area contributed by atoms with E-state index in [1.807, 2.05) is 53.9 Å². The molecule has 0 saturated carbocycles. The van der Waals surface area contributed by atoms with E-state index in [0.29, 0.717) is 5.02 Å². The fourth-order valence-electron chi connectivity index (χ4n) is 2.24. The van der Waals surface area contributed by atoms with Gasteiger partial charge in [0.1, 0.15) is 5.75 Å². The summed E-state index contributed by atoms with van der Waals surface area (Å²) in [4.78, 5) is 4.53. The average Bonchev–Trinajstić information content (AvgIpc) is 2.77. The molecule has 0 amide bonds. The van der Waals surface area contributed by atoms with Gasteiger partial charge in [-0.15, -0.1) is 0 Å². The zero-order chi connectivity index (χ0) is 13.4. The Morgan fingerprint density at radius 3 is 2.58 bits per heavy atom. The van der Waals surface area contributed by atoms with E-state index < -0.39 is 0 Å². The Morgan fingerprint density at radius 1 is 1.16 bits per heavy atom. The third-order valence-electron chi connectivity index (χ3n) is 3.14. The highest BCUT2D eigenvalue weighted by Gasteiger charge is 2.12. The fraction of sp³-hybridized carbons (Fsp3) is 0.133. The number of ether oxygens (including phenoxy) is 1. The minimum Gasteiger partial charge on any atom is -0.497 e. The molecule has 19 heavy (non-hydrogen) atoms. The summed E-state index contributed by atoms with van der Waals surface area (Å²) in [5, 5.41) is 0.658. The number of halogens is 1.